The molecule has 0 spiro atoms. The second-order valence-electron chi connectivity index (χ2n) is 6.24. The van der Waals surface area contributed by atoms with Gasteiger partial charge < -0.3 is 9.13 Å². The highest BCUT2D eigenvalue weighted by atomic mass is 79.9. The molecule has 0 unspecified atom stereocenters. The van der Waals surface area contributed by atoms with Crippen molar-refractivity contribution in [3.8, 4) is 0 Å². The summed E-state index contributed by atoms with van der Waals surface area (Å²) in [6, 6.07) is 23.6. The van der Waals surface area contributed by atoms with E-state index in [-0.39, 0.29) is 17.0 Å². The second kappa shape index (κ2) is 8.34. The number of nitrogens with zero attached hydrogens (tertiary/aromatic N) is 2. The standard InChI is InChI=1S/C21H17Cl2N3.BrH/c22-17-7-3-5-15(11-17)13-25-19-9-1-2-10-20(19)26(21(25)24)14-16-6-4-8-18(23)12-16;/h1-12,24H,13-14H2;1H. The predicted octanol–water partition coefficient (Wildman–Crippen LogP) is 5.90. The average molecular weight is 463 g/mol. The van der Waals surface area contributed by atoms with E-state index in [1.165, 1.54) is 0 Å². The third-order valence-electron chi connectivity index (χ3n) is 4.43. The van der Waals surface area contributed by atoms with Crippen LogP contribution in [0.2, 0.25) is 10.0 Å². The number of imidazole rings is 1. The van der Waals surface area contributed by atoms with Crippen molar-refractivity contribution < 1.29 is 0 Å². The van der Waals surface area contributed by atoms with Gasteiger partial charge in [-0.2, -0.15) is 0 Å². The Morgan fingerprint density at radius 3 is 1.52 bits per heavy atom. The number of fused-ring (bicyclic) bond motifs is 1. The molecule has 0 atom stereocenters. The first-order chi connectivity index (χ1) is 12.6. The minimum atomic E-state index is 0. The van der Waals surface area contributed by atoms with Crippen LogP contribution in [-0.4, -0.2) is 9.13 Å². The van der Waals surface area contributed by atoms with E-state index in [4.69, 9.17) is 28.6 Å². The molecule has 1 heterocycles. The van der Waals surface area contributed by atoms with Crippen LogP contribution in [0.5, 0.6) is 0 Å². The Balaban J connectivity index is 0.00000210. The fraction of sp³-hybridized carbons (Fsp3) is 0.0952. The molecule has 138 valence electrons. The van der Waals surface area contributed by atoms with Crippen LogP contribution in [0.15, 0.2) is 72.8 Å². The lowest BCUT2D eigenvalue weighted by Crippen LogP contribution is -2.25. The highest BCUT2D eigenvalue weighted by Gasteiger charge is 2.11. The lowest BCUT2D eigenvalue weighted by Gasteiger charge is -2.06. The predicted molar refractivity (Wildman–Crippen MR) is 117 cm³/mol. The normalized spacial score (nSPS) is 10.7. The molecule has 0 bridgehead atoms. The fourth-order valence-corrected chi connectivity index (χ4v) is 3.68. The number of rotatable bonds is 4. The molecule has 0 aliphatic carbocycles. The van der Waals surface area contributed by atoms with Gasteiger partial charge >= 0.3 is 0 Å². The van der Waals surface area contributed by atoms with Crippen LogP contribution in [-0.2, 0) is 13.1 Å². The van der Waals surface area contributed by atoms with Crippen LogP contribution in [0.1, 0.15) is 11.1 Å². The van der Waals surface area contributed by atoms with Gasteiger partial charge in [-0.05, 0) is 47.5 Å². The van der Waals surface area contributed by atoms with Crippen molar-refractivity contribution >= 4 is 51.2 Å². The maximum Gasteiger partial charge on any atom is 0.203 e. The first-order valence-electron chi connectivity index (χ1n) is 8.33. The lowest BCUT2D eigenvalue weighted by molar-refractivity contribution is 0.664. The highest BCUT2D eigenvalue weighted by Crippen LogP contribution is 2.18. The summed E-state index contributed by atoms with van der Waals surface area (Å²) < 4.78 is 4.01. The van der Waals surface area contributed by atoms with E-state index >= 15 is 0 Å². The van der Waals surface area contributed by atoms with Crippen LogP contribution in [0.3, 0.4) is 0 Å². The monoisotopic (exact) mass is 461 g/mol. The zero-order chi connectivity index (χ0) is 18.1. The van der Waals surface area contributed by atoms with Crippen molar-refractivity contribution in [3.05, 3.63) is 99.6 Å². The molecular weight excluding hydrogens is 445 g/mol. The van der Waals surface area contributed by atoms with E-state index in [0.717, 1.165) is 22.2 Å². The van der Waals surface area contributed by atoms with Gasteiger partial charge in [0.2, 0.25) is 5.62 Å². The summed E-state index contributed by atoms with van der Waals surface area (Å²) >= 11 is 12.2. The first-order valence-corrected chi connectivity index (χ1v) is 9.09. The number of hydrogen-bond acceptors (Lipinski definition) is 1. The summed E-state index contributed by atoms with van der Waals surface area (Å²) in [5.41, 5.74) is 4.65. The maximum absolute atomic E-state index is 8.74. The van der Waals surface area contributed by atoms with Crippen molar-refractivity contribution in [2.45, 2.75) is 13.1 Å². The van der Waals surface area contributed by atoms with E-state index in [1.54, 1.807) is 0 Å². The third-order valence-corrected chi connectivity index (χ3v) is 4.90. The van der Waals surface area contributed by atoms with Gasteiger partial charge in [-0.15, -0.1) is 17.0 Å². The molecule has 0 amide bonds. The minimum absolute atomic E-state index is 0. The summed E-state index contributed by atoms with van der Waals surface area (Å²) in [6.07, 6.45) is 0. The van der Waals surface area contributed by atoms with Crippen LogP contribution < -0.4 is 5.62 Å². The zero-order valence-electron chi connectivity index (χ0n) is 14.4. The third kappa shape index (κ3) is 4.13. The van der Waals surface area contributed by atoms with Crippen molar-refractivity contribution in [1.29, 1.82) is 5.41 Å². The van der Waals surface area contributed by atoms with Gasteiger partial charge in [0.05, 0.1) is 24.1 Å². The van der Waals surface area contributed by atoms with Crippen molar-refractivity contribution in [1.82, 2.24) is 9.13 Å². The molecule has 0 saturated carbocycles. The topological polar surface area (TPSA) is 33.7 Å². The Labute approximate surface area is 178 Å². The van der Waals surface area contributed by atoms with Gasteiger partial charge in [-0.3, -0.25) is 5.41 Å². The summed E-state index contributed by atoms with van der Waals surface area (Å²) in [7, 11) is 0. The van der Waals surface area contributed by atoms with E-state index in [0.29, 0.717) is 28.8 Å². The van der Waals surface area contributed by atoms with Gasteiger partial charge in [-0.25, -0.2) is 0 Å². The van der Waals surface area contributed by atoms with E-state index < -0.39 is 0 Å². The Morgan fingerprint density at radius 2 is 1.11 bits per heavy atom. The fourth-order valence-electron chi connectivity index (χ4n) is 3.25. The van der Waals surface area contributed by atoms with Gasteiger partial charge in [-0.1, -0.05) is 59.6 Å². The lowest BCUT2D eigenvalue weighted by atomic mass is 10.2. The highest BCUT2D eigenvalue weighted by molar-refractivity contribution is 8.93. The number of halogens is 3. The van der Waals surface area contributed by atoms with Crippen LogP contribution in [0.4, 0.5) is 0 Å². The number of aromatic nitrogens is 2. The van der Waals surface area contributed by atoms with E-state index in [1.807, 2.05) is 81.9 Å². The summed E-state index contributed by atoms with van der Waals surface area (Å²) in [6.45, 7) is 1.20. The number of benzene rings is 3. The average Bonchev–Trinajstić information content (AvgIpc) is 2.88. The Kier molecular flexibility index (Phi) is 6.10. The van der Waals surface area contributed by atoms with E-state index in [9.17, 15) is 0 Å². The molecule has 0 radical (unpaired) electrons. The number of hydrogen-bond donors (Lipinski definition) is 1. The van der Waals surface area contributed by atoms with Crippen LogP contribution in [0, 0.1) is 5.41 Å². The molecule has 0 saturated heterocycles. The largest absolute Gasteiger partial charge is 0.306 e. The zero-order valence-corrected chi connectivity index (χ0v) is 17.6. The molecular formula is C21H18BrCl2N3. The quantitative estimate of drug-likeness (QED) is 0.391. The Morgan fingerprint density at radius 1 is 0.667 bits per heavy atom. The Hall–Kier alpha value is -2.01. The van der Waals surface area contributed by atoms with E-state index in [2.05, 4.69) is 0 Å². The van der Waals surface area contributed by atoms with Crippen molar-refractivity contribution in [3.63, 3.8) is 0 Å². The Bertz CT molecular complexity index is 1060. The molecule has 6 heteroatoms. The second-order valence-corrected chi connectivity index (χ2v) is 7.12. The molecule has 27 heavy (non-hydrogen) atoms. The van der Waals surface area contributed by atoms with Gasteiger partial charge in [0.25, 0.3) is 0 Å². The van der Waals surface area contributed by atoms with Crippen molar-refractivity contribution in [2.24, 2.45) is 0 Å². The van der Waals surface area contributed by atoms with Gasteiger partial charge in [0, 0.05) is 10.0 Å². The first kappa shape index (κ1) is 19.7. The smallest absolute Gasteiger partial charge is 0.203 e. The summed E-state index contributed by atoms with van der Waals surface area (Å²) in [4.78, 5) is 0. The summed E-state index contributed by atoms with van der Waals surface area (Å²) in [5, 5.41) is 10.2. The maximum atomic E-state index is 8.74. The molecule has 0 fully saturated rings. The van der Waals surface area contributed by atoms with Crippen LogP contribution in [0.25, 0.3) is 11.0 Å². The molecule has 3 nitrogen and oxygen atoms in total. The number of para-hydroxylation sites is 2. The molecule has 1 N–H and O–H groups in total. The molecule has 0 aliphatic heterocycles. The molecule has 1 aromatic heterocycles. The van der Waals surface area contributed by atoms with Gasteiger partial charge in [0.1, 0.15) is 0 Å². The molecule has 0 aliphatic rings. The van der Waals surface area contributed by atoms with Crippen molar-refractivity contribution in [2.75, 3.05) is 0 Å². The summed E-state index contributed by atoms with van der Waals surface area (Å²) in [5.74, 6) is 0. The molecule has 3 aromatic carbocycles. The molecule has 4 rings (SSSR count). The van der Waals surface area contributed by atoms with Crippen LogP contribution >= 0.6 is 40.2 Å². The van der Waals surface area contributed by atoms with Gasteiger partial charge in [0.15, 0.2) is 0 Å². The molecule has 4 aromatic rings. The SMILES string of the molecule is Br.N=c1n(Cc2cccc(Cl)c2)c2ccccc2n1Cc1cccc(Cl)c1. The minimum Gasteiger partial charge on any atom is -0.306 e. The number of nitrogens with one attached hydrogen (secondary N) is 1.